The summed E-state index contributed by atoms with van der Waals surface area (Å²) < 4.78 is 45.2. The second-order valence-electron chi connectivity index (χ2n) is 5.00. The largest absolute Gasteiger partial charge is 0.744 e. The van der Waals surface area contributed by atoms with Crippen molar-refractivity contribution in [3.63, 3.8) is 0 Å². The van der Waals surface area contributed by atoms with Gasteiger partial charge in [-0.05, 0) is 36.4 Å². The molecular weight excluding hydrogens is 317 g/mol. The molecule has 23 heavy (non-hydrogen) atoms. The maximum Gasteiger partial charge on any atom is 0.212 e. The summed E-state index contributed by atoms with van der Waals surface area (Å²) in [4.78, 5) is -0.418. The predicted molar refractivity (Wildman–Crippen MR) is 84.2 cm³/mol. The SMILES string of the molecule is Cc1ccc2ccccc2[n+]1C.O=S(=O)([O-])c1ccc(F)cc1. The molecule has 0 aliphatic carbocycles. The maximum atomic E-state index is 12.2. The average molecular weight is 333 g/mol. The van der Waals surface area contributed by atoms with E-state index in [0.29, 0.717) is 0 Å². The molecule has 0 aliphatic heterocycles. The Labute approximate surface area is 134 Å². The molecular formula is C17H16FNO3S. The lowest BCUT2D eigenvalue weighted by Crippen LogP contribution is -2.32. The zero-order chi connectivity index (χ0) is 17.0. The third-order valence-corrected chi connectivity index (χ3v) is 4.28. The molecule has 0 saturated heterocycles. The molecule has 0 amide bonds. The number of pyridine rings is 1. The number of fused-ring (bicyclic) bond motifs is 1. The molecule has 0 saturated carbocycles. The molecule has 1 heterocycles. The highest BCUT2D eigenvalue weighted by Crippen LogP contribution is 2.09. The van der Waals surface area contributed by atoms with E-state index < -0.39 is 20.8 Å². The first-order chi connectivity index (χ1) is 10.8. The van der Waals surface area contributed by atoms with Gasteiger partial charge in [-0.2, -0.15) is 4.57 Å². The summed E-state index contributed by atoms with van der Waals surface area (Å²) in [5, 5.41) is 1.30. The number of hydrogen-bond acceptors (Lipinski definition) is 3. The normalized spacial score (nSPS) is 11.0. The van der Waals surface area contributed by atoms with E-state index in [-0.39, 0.29) is 0 Å². The van der Waals surface area contributed by atoms with E-state index in [9.17, 15) is 17.4 Å². The standard InChI is InChI=1S/C11H12N.C6H5FO3S/c1-9-7-8-10-5-3-4-6-11(10)12(9)2;7-5-1-3-6(4-2-5)11(8,9)10/h3-8H,1-2H3;1-4H,(H,8,9,10)/q+1;/p-1. The Morgan fingerprint density at radius 3 is 2.17 bits per heavy atom. The van der Waals surface area contributed by atoms with Crippen molar-refractivity contribution in [3.8, 4) is 0 Å². The fraction of sp³-hybridized carbons (Fsp3) is 0.118. The van der Waals surface area contributed by atoms with Crippen LogP contribution in [0.4, 0.5) is 4.39 Å². The molecule has 0 N–H and O–H groups in total. The van der Waals surface area contributed by atoms with Gasteiger partial charge in [-0.25, -0.2) is 12.8 Å². The molecule has 0 atom stereocenters. The Morgan fingerprint density at radius 1 is 0.957 bits per heavy atom. The molecule has 120 valence electrons. The number of aryl methyl sites for hydroxylation is 2. The van der Waals surface area contributed by atoms with Crippen LogP contribution in [-0.2, 0) is 17.2 Å². The molecule has 3 aromatic rings. The highest BCUT2D eigenvalue weighted by molar-refractivity contribution is 7.85. The molecule has 4 nitrogen and oxygen atoms in total. The molecule has 0 radical (unpaired) electrons. The minimum Gasteiger partial charge on any atom is -0.744 e. The van der Waals surface area contributed by atoms with Crippen LogP contribution in [0.25, 0.3) is 10.9 Å². The minimum absolute atomic E-state index is 0.418. The number of nitrogens with zero attached hydrogens (tertiary/aromatic N) is 1. The topological polar surface area (TPSA) is 61.1 Å². The quantitative estimate of drug-likeness (QED) is 0.508. The number of aromatic nitrogens is 1. The van der Waals surface area contributed by atoms with Crippen molar-refractivity contribution < 1.29 is 21.9 Å². The van der Waals surface area contributed by atoms with Crippen molar-refractivity contribution in [2.45, 2.75) is 11.8 Å². The molecule has 2 aromatic carbocycles. The molecule has 0 spiro atoms. The lowest BCUT2D eigenvalue weighted by atomic mass is 10.2. The molecule has 6 heteroatoms. The van der Waals surface area contributed by atoms with Crippen molar-refractivity contribution in [2.75, 3.05) is 0 Å². The van der Waals surface area contributed by atoms with Crippen LogP contribution >= 0.6 is 0 Å². The Hall–Kier alpha value is -2.31. The van der Waals surface area contributed by atoms with Crippen LogP contribution in [0.1, 0.15) is 5.69 Å². The van der Waals surface area contributed by atoms with Crippen molar-refractivity contribution in [3.05, 3.63) is 72.2 Å². The number of hydrogen-bond donors (Lipinski definition) is 0. The Balaban J connectivity index is 0.000000168. The first-order valence-electron chi connectivity index (χ1n) is 6.85. The van der Waals surface area contributed by atoms with Crippen LogP contribution in [0, 0.1) is 12.7 Å². The number of benzene rings is 2. The van der Waals surface area contributed by atoms with Crippen molar-refractivity contribution in [1.29, 1.82) is 0 Å². The van der Waals surface area contributed by atoms with Gasteiger partial charge in [0.25, 0.3) is 0 Å². The summed E-state index contributed by atoms with van der Waals surface area (Å²) in [6, 6.07) is 16.4. The van der Waals surface area contributed by atoms with Gasteiger partial charge in [0.1, 0.15) is 23.0 Å². The smallest absolute Gasteiger partial charge is 0.212 e. The monoisotopic (exact) mass is 333 g/mol. The summed E-state index contributed by atoms with van der Waals surface area (Å²) >= 11 is 0. The van der Waals surface area contributed by atoms with Gasteiger partial charge in [0.05, 0.1) is 4.90 Å². The van der Waals surface area contributed by atoms with Gasteiger partial charge in [-0.3, -0.25) is 0 Å². The number of para-hydroxylation sites is 1. The van der Waals surface area contributed by atoms with Gasteiger partial charge in [-0.15, -0.1) is 0 Å². The zero-order valence-corrected chi connectivity index (χ0v) is 13.5. The van der Waals surface area contributed by atoms with Crippen LogP contribution in [0.15, 0.2) is 65.6 Å². The van der Waals surface area contributed by atoms with E-state index in [2.05, 4.69) is 54.9 Å². The Kier molecular flexibility index (Phi) is 5.08. The summed E-state index contributed by atoms with van der Waals surface area (Å²) in [5.41, 5.74) is 2.58. The average Bonchev–Trinajstić information content (AvgIpc) is 2.51. The van der Waals surface area contributed by atoms with E-state index in [0.717, 1.165) is 24.3 Å². The number of halogens is 1. The molecule has 0 aliphatic rings. The molecule has 0 unspecified atom stereocenters. The highest BCUT2D eigenvalue weighted by Gasteiger charge is 2.05. The van der Waals surface area contributed by atoms with Gasteiger partial charge in [0, 0.05) is 24.4 Å². The lowest BCUT2D eigenvalue weighted by Gasteiger charge is -2.04. The Morgan fingerprint density at radius 2 is 1.57 bits per heavy atom. The fourth-order valence-corrected chi connectivity index (χ4v) is 2.52. The third kappa shape index (κ3) is 4.34. The van der Waals surface area contributed by atoms with E-state index in [1.54, 1.807) is 0 Å². The molecule has 0 bridgehead atoms. The van der Waals surface area contributed by atoms with Gasteiger partial charge >= 0.3 is 0 Å². The van der Waals surface area contributed by atoms with E-state index in [4.69, 9.17) is 0 Å². The first-order valence-corrected chi connectivity index (χ1v) is 8.26. The minimum atomic E-state index is -4.44. The summed E-state index contributed by atoms with van der Waals surface area (Å²) in [5.74, 6) is -0.572. The second kappa shape index (κ2) is 6.85. The number of rotatable bonds is 1. The molecule has 1 aromatic heterocycles. The highest BCUT2D eigenvalue weighted by atomic mass is 32.2. The van der Waals surface area contributed by atoms with Gasteiger partial charge < -0.3 is 4.55 Å². The third-order valence-electron chi connectivity index (χ3n) is 3.43. The summed E-state index contributed by atoms with van der Waals surface area (Å²) in [6.07, 6.45) is 0. The predicted octanol–water partition coefficient (Wildman–Crippen LogP) is 2.70. The Bertz CT molecular complexity index is 922. The maximum absolute atomic E-state index is 12.2. The van der Waals surface area contributed by atoms with Gasteiger partial charge in [0.15, 0.2) is 5.69 Å². The second-order valence-corrected chi connectivity index (χ2v) is 6.38. The van der Waals surface area contributed by atoms with Crippen molar-refractivity contribution >= 4 is 21.0 Å². The van der Waals surface area contributed by atoms with Crippen LogP contribution < -0.4 is 4.57 Å². The van der Waals surface area contributed by atoms with E-state index in [1.165, 1.54) is 16.6 Å². The van der Waals surface area contributed by atoms with Crippen LogP contribution in [0.2, 0.25) is 0 Å². The first kappa shape index (κ1) is 17.1. The van der Waals surface area contributed by atoms with Crippen molar-refractivity contribution in [2.24, 2.45) is 7.05 Å². The van der Waals surface area contributed by atoms with Crippen molar-refractivity contribution in [1.82, 2.24) is 0 Å². The van der Waals surface area contributed by atoms with Crippen LogP contribution in [-0.4, -0.2) is 13.0 Å². The van der Waals surface area contributed by atoms with E-state index >= 15 is 0 Å². The lowest BCUT2D eigenvalue weighted by molar-refractivity contribution is -0.651. The molecule has 0 fully saturated rings. The summed E-state index contributed by atoms with van der Waals surface area (Å²) in [6.45, 7) is 2.12. The summed E-state index contributed by atoms with van der Waals surface area (Å²) in [7, 11) is -2.34. The van der Waals surface area contributed by atoms with Crippen LogP contribution in [0.3, 0.4) is 0 Å². The van der Waals surface area contributed by atoms with Crippen LogP contribution in [0.5, 0.6) is 0 Å². The van der Waals surface area contributed by atoms with Gasteiger partial charge in [0.2, 0.25) is 5.52 Å². The molecule has 3 rings (SSSR count). The van der Waals surface area contributed by atoms with Gasteiger partial charge in [-0.1, -0.05) is 12.1 Å². The zero-order valence-electron chi connectivity index (χ0n) is 12.7. The fourth-order valence-electron chi connectivity index (χ4n) is 2.05. The van der Waals surface area contributed by atoms with E-state index in [1.807, 2.05) is 0 Å².